The van der Waals surface area contributed by atoms with Crippen LogP contribution < -0.4 is 0 Å². The van der Waals surface area contributed by atoms with Crippen molar-refractivity contribution in [1.29, 1.82) is 0 Å². The van der Waals surface area contributed by atoms with Crippen molar-refractivity contribution in [2.75, 3.05) is 0 Å². The van der Waals surface area contributed by atoms with Crippen LogP contribution in [0.5, 0.6) is 0 Å². The summed E-state index contributed by atoms with van der Waals surface area (Å²) in [4.78, 5) is 0.778. The molecule has 0 spiro atoms. The minimum atomic E-state index is -0.494. The molecule has 1 rings (SSSR count). The fraction of sp³-hybridized carbons (Fsp3) is 0.429. The molecule has 58 valence electrons. The first-order valence-corrected chi connectivity index (χ1v) is 4.00. The molecule has 4 heteroatoms. The van der Waals surface area contributed by atoms with Crippen molar-refractivity contribution in [3.63, 3.8) is 0 Å². The van der Waals surface area contributed by atoms with Gasteiger partial charge in [0.15, 0.2) is 0 Å². The Balaban J connectivity index is 2.44. The van der Waals surface area contributed by atoms with Gasteiger partial charge in [0.2, 0.25) is 0 Å². The quantitative estimate of drug-likeness (QED) is 0.684. The molecule has 0 radical (unpaired) electrons. The zero-order valence-electron chi connectivity index (χ0n) is 5.90. The highest BCUT2D eigenvalue weighted by atomic mass is 32.1. The zero-order valence-corrected chi connectivity index (χ0v) is 6.71. The SMILES string of the molecule is C#CCCC(O)c1cnns1. The second-order valence-corrected chi connectivity index (χ2v) is 2.90. The van der Waals surface area contributed by atoms with Crippen LogP contribution in [0.1, 0.15) is 23.8 Å². The Morgan fingerprint density at radius 1 is 1.82 bits per heavy atom. The smallest absolute Gasteiger partial charge is 0.0923 e. The number of nitrogens with zero attached hydrogens (tertiary/aromatic N) is 2. The van der Waals surface area contributed by atoms with E-state index in [0.717, 1.165) is 4.88 Å². The van der Waals surface area contributed by atoms with E-state index in [2.05, 4.69) is 15.5 Å². The van der Waals surface area contributed by atoms with Crippen molar-refractivity contribution >= 4 is 11.5 Å². The third kappa shape index (κ3) is 2.30. The van der Waals surface area contributed by atoms with E-state index < -0.39 is 6.10 Å². The van der Waals surface area contributed by atoms with Gasteiger partial charge in [0, 0.05) is 6.42 Å². The highest BCUT2D eigenvalue weighted by Gasteiger charge is 2.08. The van der Waals surface area contributed by atoms with Gasteiger partial charge in [0.25, 0.3) is 0 Å². The summed E-state index contributed by atoms with van der Waals surface area (Å²) in [6, 6.07) is 0. The maximum absolute atomic E-state index is 9.38. The van der Waals surface area contributed by atoms with Crippen LogP contribution in [0, 0.1) is 12.3 Å². The van der Waals surface area contributed by atoms with Crippen molar-refractivity contribution in [2.45, 2.75) is 18.9 Å². The molecule has 1 unspecified atom stereocenters. The molecule has 0 aliphatic carbocycles. The Labute approximate surface area is 69.2 Å². The number of rotatable bonds is 3. The van der Waals surface area contributed by atoms with Crippen molar-refractivity contribution < 1.29 is 5.11 Å². The molecule has 0 aromatic carbocycles. The van der Waals surface area contributed by atoms with Gasteiger partial charge in [-0.2, -0.15) is 0 Å². The van der Waals surface area contributed by atoms with Gasteiger partial charge < -0.3 is 5.11 Å². The van der Waals surface area contributed by atoms with Crippen LogP contribution in [0.15, 0.2) is 6.20 Å². The van der Waals surface area contributed by atoms with E-state index in [9.17, 15) is 5.11 Å². The standard InChI is InChI=1S/C7H8N2OS/c1-2-3-4-6(10)7-5-8-9-11-7/h1,5-6,10H,3-4H2. The van der Waals surface area contributed by atoms with Crippen molar-refractivity contribution in [2.24, 2.45) is 0 Å². The predicted octanol–water partition coefficient (Wildman–Crippen LogP) is 0.985. The van der Waals surface area contributed by atoms with Crippen molar-refractivity contribution in [1.82, 2.24) is 9.59 Å². The topological polar surface area (TPSA) is 46.0 Å². The lowest BCUT2D eigenvalue weighted by Crippen LogP contribution is -1.92. The summed E-state index contributed by atoms with van der Waals surface area (Å²) in [5.74, 6) is 2.46. The molecule has 11 heavy (non-hydrogen) atoms. The molecule has 3 nitrogen and oxygen atoms in total. The summed E-state index contributed by atoms with van der Waals surface area (Å²) in [7, 11) is 0. The van der Waals surface area contributed by atoms with Crippen LogP contribution in [0.4, 0.5) is 0 Å². The van der Waals surface area contributed by atoms with Gasteiger partial charge in [-0.05, 0) is 18.0 Å². The summed E-state index contributed by atoms with van der Waals surface area (Å²) in [6.07, 6.45) is 7.27. The van der Waals surface area contributed by atoms with E-state index in [-0.39, 0.29) is 0 Å². The predicted molar refractivity (Wildman–Crippen MR) is 42.9 cm³/mol. The lowest BCUT2D eigenvalue weighted by Gasteiger charge is -2.02. The van der Waals surface area contributed by atoms with Gasteiger partial charge in [0.1, 0.15) is 0 Å². The third-order valence-electron chi connectivity index (χ3n) is 1.27. The van der Waals surface area contributed by atoms with E-state index in [1.165, 1.54) is 11.5 Å². The lowest BCUT2D eigenvalue weighted by atomic mass is 10.2. The summed E-state index contributed by atoms with van der Waals surface area (Å²) >= 11 is 1.20. The number of aliphatic hydroxyl groups excluding tert-OH is 1. The second-order valence-electron chi connectivity index (χ2n) is 2.08. The molecule has 0 bridgehead atoms. The fourth-order valence-corrected chi connectivity index (χ4v) is 1.21. The Bertz CT molecular complexity index is 239. The van der Waals surface area contributed by atoms with Crippen LogP contribution in [0.3, 0.4) is 0 Å². The van der Waals surface area contributed by atoms with E-state index in [1.807, 2.05) is 0 Å². The Morgan fingerprint density at radius 2 is 2.64 bits per heavy atom. The summed E-state index contributed by atoms with van der Waals surface area (Å²) < 4.78 is 3.63. The van der Waals surface area contributed by atoms with Gasteiger partial charge >= 0.3 is 0 Å². The van der Waals surface area contributed by atoms with Crippen LogP contribution in [-0.2, 0) is 0 Å². The Morgan fingerprint density at radius 3 is 3.18 bits per heavy atom. The van der Waals surface area contributed by atoms with Crippen molar-refractivity contribution in [3.05, 3.63) is 11.1 Å². The van der Waals surface area contributed by atoms with Gasteiger partial charge in [-0.3, -0.25) is 0 Å². The molecule has 1 aromatic rings. The summed E-state index contributed by atoms with van der Waals surface area (Å²) in [5, 5.41) is 13.0. The van der Waals surface area contributed by atoms with Crippen molar-refractivity contribution in [3.8, 4) is 12.3 Å². The van der Waals surface area contributed by atoms with Crippen LogP contribution >= 0.6 is 11.5 Å². The number of terminal acetylenes is 1. The van der Waals surface area contributed by atoms with Crippen LogP contribution in [-0.4, -0.2) is 14.7 Å². The van der Waals surface area contributed by atoms with E-state index >= 15 is 0 Å². The maximum atomic E-state index is 9.38. The first-order chi connectivity index (χ1) is 5.34. The number of hydrogen-bond acceptors (Lipinski definition) is 4. The number of hydrogen-bond donors (Lipinski definition) is 1. The number of aliphatic hydroxyl groups is 1. The minimum absolute atomic E-state index is 0.494. The molecule has 1 atom stereocenters. The van der Waals surface area contributed by atoms with E-state index in [0.29, 0.717) is 12.8 Å². The molecule has 0 aliphatic heterocycles. The monoisotopic (exact) mass is 168 g/mol. The molecular weight excluding hydrogens is 160 g/mol. The lowest BCUT2D eigenvalue weighted by molar-refractivity contribution is 0.173. The van der Waals surface area contributed by atoms with Crippen LogP contribution in [0.2, 0.25) is 0 Å². The third-order valence-corrected chi connectivity index (χ3v) is 2.03. The molecule has 0 aliphatic rings. The van der Waals surface area contributed by atoms with E-state index in [1.54, 1.807) is 6.20 Å². The first-order valence-electron chi connectivity index (χ1n) is 3.23. The van der Waals surface area contributed by atoms with Gasteiger partial charge in [-0.25, -0.2) is 0 Å². The first kappa shape index (κ1) is 8.18. The second kappa shape index (κ2) is 4.06. The summed E-state index contributed by atoms with van der Waals surface area (Å²) in [5.41, 5.74) is 0. The maximum Gasteiger partial charge on any atom is 0.0923 e. The van der Waals surface area contributed by atoms with Gasteiger partial charge in [-0.1, -0.05) is 4.49 Å². The Kier molecular flexibility index (Phi) is 3.02. The average molecular weight is 168 g/mol. The van der Waals surface area contributed by atoms with E-state index in [4.69, 9.17) is 6.42 Å². The fourth-order valence-electron chi connectivity index (χ4n) is 0.684. The van der Waals surface area contributed by atoms with Gasteiger partial charge in [-0.15, -0.1) is 17.4 Å². The Hall–Kier alpha value is -0.920. The normalized spacial score (nSPS) is 12.4. The molecule has 0 fully saturated rings. The zero-order chi connectivity index (χ0) is 8.10. The number of aromatic nitrogens is 2. The summed E-state index contributed by atoms with van der Waals surface area (Å²) in [6.45, 7) is 0. The molecule has 1 N–H and O–H groups in total. The average Bonchev–Trinajstić information content (AvgIpc) is 2.52. The molecule has 0 amide bonds. The highest BCUT2D eigenvalue weighted by Crippen LogP contribution is 2.19. The largest absolute Gasteiger partial charge is 0.387 e. The molecule has 1 heterocycles. The molecule has 1 aromatic heterocycles. The molecule has 0 saturated heterocycles. The van der Waals surface area contributed by atoms with Crippen LogP contribution in [0.25, 0.3) is 0 Å². The molecule has 0 saturated carbocycles. The minimum Gasteiger partial charge on any atom is -0.387 e. The highest BCUT2D eigenvalue weighted by molar-refractivity contribution is 7.05. The molecular formula is C7H8N2OS. The van der Waals surface area contributed by atoms with Gasteiger partial charge in [0.05, 0.1) is 17.2 Å².